The van der Waals surface area contributed by atoms with Crippen LogP contribution >= 0.6 is 0 Å². The van der Waals surface area contributed by atoms with Gasteiger partial charge in [-0.15, -0.1) is 0 Å². The molecule has 21 heavy (non-hydrogen) atoms. The van der Waals surface area contributed by atoms with E-state index in [1.807, 2.05) is 18.2 Å². The van der Waals surface area contributed by atoms with Crippen molar-refractivity contribution in [3.05, 3.63) is 36.5 Å². The lowest BCUT2D eigenvalue weighted by Crippen LogP contribution is -1.96. The summed E-state index contributed by atoms with van der Waals surface area (Å²) >= 11 is 0. The molecule has 0 heterocycles. The Morgan fingerprint density at radius 1 is 0.905 bits per heavy atom. The number of aliphatic hydroxyl groups is 1. The minimum atomic E-state index is -0.690. The van der Waals surface area contributed by atoms with Crippen LogP contribution < -0.4 is 0 Å². The zero-order valence-electron chi connectivity index (χ0n) is 13.2. The smallest absolute Gasteiger partial charge is 0.303 e. The van der Waals surface area contributed by atoms with Gasteiger partial charge in [-0.1, -0.05) is 55.7 Å². The number of hydrogen-bond donors (Lipinski definition) is 2. The van der Waals surface area contributed by atoms with Crippen molar-refractivity contribution >= 4 is 5.97 Å². The first-order valence-electron chi connectivity index (χ1n) is 8.01. The summed E-state index contributed by atoms with van der Waals surface area (Å²) in [5, 5.41) is 17.6. The molecule has 0 saturated carbocycles. The Kier molecular flexibility index (Phi) is 14.1. The van der Waals surface area contributed by atoms with E-state index in [0.29, 0.717) is 6.42 Å². The van der Waals surface area contributed by atoms with Crippen LogP contribution in [-0.2, 0) is 4.79 Å². The van der Waals surface area contributed by atoms with Crippen LogP contribution in [0.2, 0.25) is 0 Å². The largest absolute Gasteiger partial charge is 0.481 e. The number of carboxylic acids is 1. The van der Waals surface area contributed by atoms with Crippen molar-refractivity contribution in [3.8, 4) is 0 Å². The molecule has 0 aromatic carbocycles. The summed E-state index contributed by atoms with van der Waals surface area (Å²) in [7, 11) is 0. The number of aliphatic carboxylic acids is 1. The van der Waals surface area contributed by atoms with E-state index in [4.69, 9.17) is 10.2 Å². The Bertz CT molecular complexity index is 327. The highest BCUT2D eigenvalue weighted by Gasteiger charge is 1.95. The highest BCUT2D eigenvalue weighted by molar-refractivity contribution is 5.66. The molecule has 1 atom stereocenters. The van der Waals surface area contributed by atoms with E-state index >= 15 is 0 Å². The summed E-state index contributed by atoms with van der Waals surface area (Å²) in [4.78, 5) is 10.3. The number of aliphatic hydroxyl groups excluding tert-OH is 1. The summed E-state index contributed by atoms with van der Waals surface area (Å²) in [5.41, 5.74) is 0. The topological polar surface area (TPSA) is 57.5 Å². The van der Waals surface area contributed by atoms with Gasteiger partial charge in [0.15, 0.2) is 0 Å². The van der Waals surface area contributed by atoms with Gasteiger partial charge in [0.25, 0.3) is 0 Å². The van der Waals surface area contributed by atoms with E-state index in [2.05, 4.69) is 18.2 Å². The van der Waals surface area contributed by atoms with Crippen molar-refractivity contribution in [1.82, 2.24) is 0 Å². The molecule has 0 aliphatic carbocycles. The standard InChI is InChI=1S/C18H30O3/c1-17(19)15-13-11-9-7-5-3-2-4-6-8-10-12-14-16-18(20)21/h2-3,5,7,9,11,17,19H,4,6,8,10,12-16H2,1H3,(H,20,21). The van der Waals surface area contributed by atoms with Crippen LogP contribution in [0.25, 0.3) is 0 Å². The maximum atomic E-state index is 10.3. The third kappa shape index (κ3) is 18.6. The predicted octanol–water partition coefficient (Wildman–Crippen LogP) is 4.63. The van der Waals surface area contributed by atoms with E-state index in [1.165, 1.54) is 12.8 Å². The Labute approximate surface area is 129 Å². The van der Waals surface area contributed by atoms with Gasteiger partial charge in [-0.2, -0.15) is 0 Å². The average molecular weight is 294 g/mol. The Balaban J connectivity index is 3.34. The van der Waals surface area contributed by atoms with Gasteiger partial charge in [-0.25, -0.2) is 0 Å². The van der Waals surface area contributed by atoms with Crippen molar-refractivity contribution in [2.75, 3.05) is 0 Å². The van der Waals surface area contributed by atoms with Crippen LogP contribution in [0.5, 0.6) is 0 Å². The van der Waals surface area contributed by atoms with Crippen LogP contribution in [0.15, 0.2) is 36.5 Å². The van der Waals surface area contributed by atoms with E-state index < -0.39 is 5.97 Å². The van der Waals surface area contributed by atoms with E-state index in [9.17, 15) is 4.79 Å². The molecule has 2 N–H and O–H groups in total. The molecule has 0 spiro atoms. The summed E-state index contributed by atoms with van der Waals surface area (Å²) < 4.78 is 0. The lowest BCUT2D eigenvalue weighted by molar-refractivity contribution is -0.137. The Morgan fingerprint density at radius 2 is 1.48 bits per heavy atom. The third-order valence-electron chi connectivity index (χ3n) is 3.12. The van der Waals surface area contributed by atoms with Gasteiger partial charge in [0.2, 0.25) is 0 Å². The number of unbranched alkanes of at least 4 members (excludes halogenated alkanes) is 5. The number of rotatable bonds is 13. The van der Waals surface area contributed by atoms with Crippen LogP contribution in [0.1, 0.15) is 64.7 Å². The fourth-order valence-electron chi connectivity index (χ4n) is 1.88. The zero-order valence-corrected chi connectivity index (χ0v) is 13.2. The minimum absolute atomic E-state index is 0.220. The molecule has 0 amide bonds. The van der Waals surface area contributed by atoms with Gasteiger partial charge < -0.3 is 10.2 Å². The van der Waals surface area contributed by atoms with Crippen LogP contribution in [-0.4, -0.2) is 22.3 Å². The maximum absolute atomic E-state index is 10.3. The molecule has 0 rings (SSSR count). The molecule has 1 unspecified atom stereocenters. The first kappa shape index (κ1) is 19.7. The van der Waals surface area contributed by atoms with Gasteiger partial charge in [0.1, 0.15) is 0 Å². The monoisotopic (exact) mass is 294 g/mol. The van der Waals surface area contributed by atoms with Gasteiger partial charge >= 0.3 is 5.97 Å². The molecule has 3 heteroatoms. The summed E-state index contributed by atoms with van der Waals surface area (Å²) in [6.07, 6.45) is 20.5. The lowest BCUT2D eigenvalue weighted by Gasteiger charge is -1.97. The van der Waals surface area contributed by atoms with Crippen molar-refractivity contribution in [2.45, 2.75) is 70.8 Å². The molecule has 3 nitrogen and oxygen atoms in total. The molecule has 0 aliphatic rings. The third-order valence-corrected chi connectivity index (χ3v) is 3.12. The van der Waals surface area contributed by atoms with Crippen molar-refractivity contribution in [3.63, 3.8) is 0 Å². The van der Waals surface area contributed by atoms with Crippen molar-refractivity contribution in [1.29, 1.82) is 0 Å². The van der Waals surface area contributed by atoms with Crippen molar-refractivity contribution < 1.29 is 15.0 Å². The van der Waals surface area contributed by atoms with E-state index in [0.717, 1.165) is 38.5 Å². The first-order valence-corrected chi connectivity index (χ1v) is 8.01. The lowest BCUT2D eigenvalue weighted by atomic mass is 10.1. The number of carboxylic acid groups (broad SMARTS) is 1. The van der Waals surface area contributed by atoms with E-state index in [1.54, 1.807) is 6.92 Å². The molecular weight excluding hydrogens is 264 g/mol. The molecule has 0 bridgehead atoms. The highest BCUT2D eigenvalue weighted by Crippen LogP contribution is 2.07. The Morgan fingerprint density at radius 3 is 2.10 bits per heavy atom. The normalized spacial score (nSPS) is 13.6. The minimum Gasteiger partial charge on any atom is -0.481 e. The summed E-state index contributed by atoms with van der Waals surface area (Å²) in [5.74, 6) is -0.690. The maximum Gasteiger partial charge on any atom is 0.303 e. The molecule has 0 saturated heterocycles. The Hall–Kier alpha value is -1.35. The van der Waals surface area contributed by atoms with Gasteiger partial charge in [0, 0.05) is 6.42 Å². The second-order valence-corrected chi connectivity index (χ2v) is 5.37. The fourth-order valence-corrected chi connectivity index (χ4v) is 1.88. The predicted molar refractivity (Wildman–Crippen MR) is 88.3 cm³/mol. The molecule has 0 aromatic rings. The van der Waals surface area contributed by atoms with Gasteiger partial charge in [-0.05, 0) is 39.0 Å². The second-order valence-electron chi connectivity index (χ2n) is 5.37. The van der Waals surface area contributed by atoms with E-state index in [-0.39, 0.29) is 6.10 Å². The number of hydrogen-bond acceptors (Lipinski definition) is 2. The highest BCUT2D eigenvalue weighted by atomic mass is 16.4. The van der Waals surface area contributed by atoms with Gasteiger partial charge in [0.05, 0.1) is 6.10 Å². The van der Waals surface area contributed by atoms with Crippen LogP contribution in [0.3, 0.4) is 0 Å². The molecule has 0 radical (unpaired) electrons. The SMILES string of the molecule is CC(O)CCC=CC=CC=CCCCCCCCC(=O)O. The van der Waals surface area contributed by atoms with Crippen molar-refractivity contribution in [2.24, 2.45) is 0 Å². The second kappa shape index (κ2) is 15.0. The fraction of sp³-hybridized carbons (Fsp3) is 0.611. The van der Waals surface area contributed by atoms with Crippen LogP contribution in [0, 0.1) is 0 Å². The first-order chi connectivity index (χ1) is 10.1. The molecule has 0 aromatic heterocycles. The van der Waals surface area contributed by atoms with Crippen LogP contribution in [0.4, 0.5) is 0 Å². The number of allylic oxidation sites excluding steroid dienone is 6. The average Bonchev–Trinajstić information content (AvgIpc) is 2.42. The molecule has 120 valence electrons. The number of carbonyl (C=O) groups is 1. The summed E-state index contributed by atoms with van der Waals surface area (Å²) in [6.45, 7) is 1.80. The summed E-state index contributed by atoms with van der Waals surface area (Å²) in [6, 6.07) is 0. The zero-order chi connectivity index (χ0) is 15.8. The molecule has 0 fully saturated rings. The van der Waals surface area contributed by atoms with Gasteiger partial charge in [-0.3, -0.25) is 4.79 Å². The molecule has 0 aliphatic heterocycles. The molecular formula is C18H30O3. The quantitative estimate of drug-likeness (QED) is 0.384.